The molecule has 0 N–H and O–H groups in total. The molecule has 12 heteroatoms. The van der Waals surface area contributed by atoms with Crippen molar-refractivity contribution in [3.8, 4) is 0 Å². The van der Waals surface area contributed by atoms with Crippen LogP contribution in [0.1, 0.15) is 44.4 Å². The Morgan fingerprint density at radius 2 is 1.87 bits per heavy atom. The van der Waals surface area contributed by atoms with E-state index in [-0.39, 0.29) is 35.8 Å². The Bertz CT molecular complexity index is 1360. The van der Waals surface area contributed by atoms with Crippen molar-refractivity contribution in [1.29, 1.82) is 0 Å². The van der Waals surface area contributed by atoms with E-state index in [0.717, 1.165) is 5.56 Å². The van der Waals surface area contributed by atoms with Gasteiger partial charge in [-0.1, -0.05) is 24.3 Å². The van der Waals surface area contributed by atoms with Crippen LogP contribution in [0, 0.1) is 23.0 Å². The first-order valence-corrected chi connectivity index (χ1v) is 13.6. The van der Waals surface area contributed by atoms with E-state index in [1.165, 1.54) is 40.5 Å². The molecule has 2 unspecified atom stereocenters. The topological polar surface area (TPSA) is 139 Å². The summed E-state index contributed by atoms with van der Waals surface area (Å²) >= 11 is 0. The molecule has 3 rings (SSSR count). The number of sulfonamides is 1. The van der Waals surface area contributed by atoms with Crippen LogP contribution < -0.4 is 0 Å². The number of nitro benzene ring substituents is 1. The zero-order chi connectivity index (χ0) is 28.2. The van der Waals surface area contributed by atoms with Gasteiger partial charge in [-0.05, 0) is 57.4 Å². The van der Waals surface area contributed by atoms with Crippen LogP contribution >= 0.6 is 0 Å². The third-order valence-electron chi connectivity index (χ3n) is 6.22. The number of carbonyl (C=O) groups excluding carboxylic acids is 2. The molecule has 1 heterocycles. The first-order chi connectivity index (χ1) is 17.8. The molecule has 11 nitrogen and oxygen atoms in total. The number of non-ortho nitro benzene ring substituents is 1. The predicted octanol–water partition coefficient (Wildman–Crippen LogP) is 4.12. The van der Waals surface area contributed by atoms with Gasteiger partial charge in [0.2, 0.25) is 10.0 Å². The van der Waals surface area contributed by atoms with Gasteiger partial charge in [0.05, 0.1) is 22.0 Å². The summed E-state index contributed by atoms with van der Waals surface area (Å²) in [5.41, 5.74) is 1.25. The van der Waals surface area contributed by atoms with E-state index in [1.807, 2.05) is 0 Å². The summed E-state index contributed by atoms with van der Waals surface area (Å²) in [6.45, 7) is 6.89. The maximum atomic E-state index is 13.1. The molecule has 2 aromatic rings. The summed E-state index contributed by atoms with van der Waals surface area (Å²) in [4.78, 5) is 42.6. The van der Waals surface area contributed by atoms with Crippen molar-refractivity contribution in [2.75, 3.05) is 20.1 Å². The van der Waals surface area contributed by atoms with Crippen LogP contribution in [-0.2, 0) is 19.6 Å². The quantitative estimate of drug-likeness (QED) is 0.249. The van der Waals surface area contributed by atoms with Gasteiger partial charge in [0.1, 0.15) is 5.92 Å². The largest absolute Gasteiger partial charge is 0.462 e. The molecule has 2 amide bonds. The van der Waals surface area contributed by atoms with Gasteiger partial charge in [-0.3, -0.25) is 14.9 Å². The van der Waals surface area contributed by atoms with Crippen molar-refractivity contribution in [3.63, 3.8) is 0 Å². The van der Waals surface area contributed by atoms with Gasteiger partial charge >= 0.3 is 12.0 Å². The minimum absolute atomic E-state index is 0.0576. The molecule has 2 aromatic carbocycles. The summed E-state index contributed by atoms with van der Waals surface area (Å²) in [7, 11) is -2.29. The molecule has 0 aromatic heterocycles. The van der Waals surface area contributed by atoms with E-state index in [1.54, 1.807) is 52.0 Å². The smallest absolute Gasteiger partial charge is 0.344 e. The molecule has 0 aliphatic carbocycles. The van der Waals surface area contributed by atoms with Gasteiger partial charge in [-0.2, -0.15) is 0 Å². The molecule has 0 saturated heterocycles. The van der Waals surface area contributed by atoms with Crippen LogP contribution in [-0.4, -0.2) is 66.5 Å². The van der Waals surface area contributed by atoms with Crippen LogP contribution in [0.25, 0.3) is 0 Å². The summed E-state index contributed by atoms with van der Waals surface area (Å²) in [5.74, 6) is -1.58. The van der Waals surface area contributed by atoms with Crippen molar-refractivity contribution in [3.05, 3.63) is 69.8 Å². The van der Waals surface area contributed by atoms with E-state index >= 15 is 0 Å². The summed E-state index contributed by atoms with van der Waals surface area (Å²) in [5, 5.41) is 11.4. The first kappa shape index (κ1) is 28.9. The molecule has 204 valence electrons. The number of urea groups is 1. The second kappa shape index (κ2) is 11.8. The highest BCUT2D eigenvalue weighted by Crippen LogP contribution is 2.36. The second-order valence-electron chi connectivity index (χ2n) is 9.49. The molecule has 1 aliphatic heterocycles. The Labute approximate surface area is 222 Å². The molecule has 0 fully saturated rings. The Kier molecular flexibility index (Phi) is 9.00. The third-order valence-corrected chi connectivity index (χ3v) is 8.07. The maximum absolute atomic E-state index is 13.1. The molecule has 0 saturated carbocycles. The second-order valence-corrected chi connectivity index (χ2v) is 11.5. The van der Waals surface area contributed by atoms with E-state index in [9.17, 15) is 28.1 Å². The first-order valence-electron chi connectivity index (χ1n) is 12.2. The number of carbonyl (C=O) groups is 2. The molecular formula is C26H32N4O7S. The van der Waals surface area contributed by atoms with Gasteiger partial charge < -0.3 is 9.64 Å². The summed E-state index contributed by atoms with van der Waals surface area (Å²) in [6, 6.07) is 10.8. The van der Waals surface area contributed by atoms with Gasteiger partial charge in [0, 0.05) is 38.0 Å². The lowest BCUT2D eigenvalue weighted by molar-refractivity contribution is -0.385. The van der Waals surface area contributed by atoms with Crippen LogP contribution in [0.2, 0.25) is 0 Å². The molecule has 38 heavy (non-hydrogen) atoms. The van der Waals surface area contributed by atoms with Gasteiger partial charge in [0.25, 0.3) is 5.69 Å². The summed E-state index contributed by atoms with van der Waals surface area (Å²) < 4.78 is 32.7. The van der Waals surface area contributed by atoms with E-state index in [0.29, 0.717) is 5.56 Å². The van der Waals surface area contributed by atoms with Crippen molar-refractivity contribution in [1.82, 2.24) is 9.21 Å². The molecule has 2 atom stereocenters. The van der Waals surface area contributed by atoms with E-state index in [2.05, 4.69) is 4.99 Å². The number of rotatable bonds is 10. The lowest BCUT2D eigenvalue weighted by Crippen LogP contribution is -2.48. The van der Waals surface area contributed by atoms with Crippen molar-refractivity contribution in [2.45, 2.75) is 51.2 Å². The van der Waals surface area contributed by atoms with Crippen LogP contribution in [0.15, 0.2) is 58.4 Å². The number of amides is 2. The Morgan fingerprint density at radius 1 is 1.18 bits per heavy atom. The minimum Gasteiger partial charge on any atom is -0.462 e. The Balaban J connectivity index is 1.90. The van der Waals surface area contributed by atoms with Crippen LogP contribution in [0.5, 0.6) is 0 Å². The number of ether oxygens (including phenoxy) is 1. The van der Waals surface area contributed by atoms with Gasteiger partial charge in [-0.15, -0.1) is 0 Å². The Morgan fingerprint density at radius 3 is 2.50 bits per heavy atom. The van der Waals surface area contributed by atoms with Gasteiger partial charge in [-0.25, -0.2) is 22.5 Å². The monoisotopic (exact) mass is 544 g/mol. The number of aryl methyl sites for hydroxylation is 1. The number of nitrogens with zero attached hydrogens (tertiary/aromatic N) is 4. The number of hydrogen-bond donors (Lipinski definition) is 0. The van der Waals surface area contributed by atoms with Gasteiger partial charge in [0.15, 0.2) is 0 Å². The maximum Gasteiger partial charge on any atom is 0.344 e. The van der Waals surface area contributed by atoms with E-state index < -0.39 is 45.0 Å². The Hall–Kier alpha value is -3.64. The fourth-order valence-electron chi connectivity index (χ4n) is 4.39. The number of nitro groups is 1. The zero-order valence-corrected chi connectivity index (χ0v) is 22.8. The number of benzene rings is 2. The molecule has 0 bridgehead atoms. The number of aliphatic imine (C=N–C) groups is 1. The minimum atomic E-state index is -3.75. The van der Waals surface area contributed by atoms with Crippen molar-refractivity contribution < 1.29 is 27.7 Å². The zero-order valence-electron chi connectivity index (χ0n) is 22.0. The highest BCUT2D eigenvalue weighted by Gasteiger charge is 2.43. The highest BCUT2D eigenvalue weighted by atomic mass is 32.2. The highest BCUT2D eigenvalue weighted by molar-refractivity contribution is 7.89. The molecule has 0 spiro atoms. The lowest BCUT2D eigenvalue weighted by Gasteiger charge is -2.39. The fraction of sp³-hybridized carbons (Fsp3) is 0.423. The SMILES string of the molecule is CC1=NC(=O)N(CCCN(C)S(=O)(=O)c2cccc(C)c2)C(c2cccc([N+](=O)[O-])c2)C1C(=O)OC(C)C. The molecule has 0 radical (unpaired) electrons. The van der Waals surface area contributed by atoms with Crippen molar-refractivity contribution in [2.24, 2.45) is 10.9 Å². The fourth-order valence-corrected chi connectivity index (χ4v) is 5.70. The van der Waals surface area contributed by atoms with Crippen LogP contribution in [0.4, 0.5) is 10.5 Å². The van der Waals surface area contributed by atoms with Crippen LogP contribution in [0.3, 0.4) is 0 Å². The number of esters is 1. The molecule has 1 aliphatic rings. The normalized spacial score (nSPS) is 18.0. The third kappa shape index (κ3) is 6.43. The number of hydrogen-bond acceptors (Lipinski definition) is 7. The lowest BCUT2D eigenvalue weighted by atomic mass is 9.86. The predicted molar refractivity (Wildman–Crippen MR) is 141 cm³/mol. The van der Waals surface area contributed by atoms with Crippen molar-refractivity contribution >= 4 is 33.4 Å². The average Bonchev–Trinajstić information content (AvgIpc) is 2.84. The molecular weight excluding hydrogens is 512 g/mol. The van der Waals surface area contributed by atoms with E-state index in [4.69, 9.17) is 4.74 Å². The standard InChI is InChI=1S/C26H32N4O7S/c1-17(2)37-25(31)23-19(4)27-26(32)29(24(23)20-10-7-11-21(16-20)30(33)34)14-8-13-28(5)38(35,36)22-12-6-9-18(3)15-22/h6-7,9-12,15-17,23-24H,8,13-14H2,1-5H3. The average molecular weight is 545 g/mol. The summed E-state index contributed by atoms with van der Waals surface area (Å²) in [6.07, 6.45) is -0.188.